The van der Waals surface area contributed by atoms with E-state index in [4.69, 9.17) is 9.47 Å². The van der Waals surface area contributed by atoms with E-state index >= 15 is 0 Å². The van der Waals surface area contributed by atoms with Gasteiger partial charge in [0.25, 0.3) is 0 Å². The van der Waals surface area contributed by atoms with Gasteiger partial charge in [-0.15, -0.1) is 0 Å². The minimum absolute atomic E-state index is 0.199. The summed E-state index contributed by atoms with van der Waals surface area (Å²) < 4.78 is 12.1. The number of pyridine rings is 1. The van der Waals surface area contributed by atoms with E-state index in [0.29, 0.717) is 24.5 Å². The first kappa shape index (κ1) is 31.6. The first-order valence-electron chi connectivity index (χ1n) is 14.3. The van der Waals surface area contributed by atoms with Gasteiger partial charge in [-0.25, -0.2) is 4.98 Å². The van der Waals surface area contributed by atoms with Crippen LogP contribution in [0.15, 0.2) is 36.5 Å². The Labute approximate surface area is 231 Å². The van der Waals surface area contributed by atoms with E-state index in [1.807, 2.05) is 40.7 Å². The van der Waals surface area contributed by atoms with E-state index in [0.717, 1.165) is 48.9 Å². The van der Waals surface area contributed by atoms with Gasteiger partial charge < -0.3 is 19.7 Å². The quantitative estimate of drug-likeness (QED) is 0.245. The van der Waals surface area contributed by atoms with Gasteiger partial charge in [-0.1, -0.05) is 39.3 Å². The third-order valence-corrected chi connectivity index (χ3v) is 6.77. The van der Waals surface area contributed by atoms with Crippen LogP contribution in [0.25, 0.3) is 11.1 Å². The third kappa shape index (κ3) is 11.0. The number of aromatic nitrogens is 1. The van der Waals surface area contributed by atoms with Crippen LogP contribution in [-0.4, -0.2) is 53.9 Å². The van der Waals surface area contributed by atoms with Crippen molar-refractivity contribution in [1.29, 1.82) is 5.26 Å². The number of benzene rings is 1. The molecule has 0 aliphatic heterocycles. The Morgan fingerprint density at radius 2 is 1.74 bits per heavy atom. The van der Waals surface area contributed by atoms with Gasteiger partial charge in [0.05, 0.1) is 12.2 Å². The summed E-state index contributed by atoms with van der Waals surface area (Å²) in [5, 5.41) is 13.5. The molecule has 1 unspecified atom stereocenters. The highest BCUT2D eigenvalue weighted by Gasteiger charge is 2.25. The van der Waals surface area contributed by atoms with E-state index in [1.54, 1.807) is 6.20 Å². The summed E-state index contributed by atoms with van der Waals surface area (Å²) in [6, 6.07) is 12.5. The largest absolute Gasteiger partial charge is 0.471 e. The monoisotopic (exact) mass is 522 g/mol. The molecule has 1 atom stereocenters. The number of hydrogen-bond acceptors (Lipinski definition) is 6. The van der Waals surface area contributed by atoms with Crippen LogP contribution in [0.1, 0.15) is 86.6 Å². The smallest absolute Gasteiger partial charge is 0.232 e. The molecule has 2 aromatic rings. The molecule has 0 amide bonds. The van der Waals surface area contributed by atoms with Crippen LogP contribution >= 0.6 is 0 Å². The molecule has 0 spiro atoms. The Bertz CT molecular complexity index is 1010. The predicted octanol–water partition coefficient (Wildman–Crippen LogP) is 7.54. The maximum Gasteiger partial charge on any atom is 0.232 e. The molecule has 6 nitrogen and oxygen atoms in total. The standard InChI is InChI=1S/C32H50N4O2/c1-9-20-36(21-16-25(3)10-2)22-19-34-27-13-11-26(12-14-27)28-15-18-35-30(29(28)24-33)38-32(7,8)17-23-37-31(4,5)6/h11-15,18,25,34H,9-10,16-17,19-23H2,1-8H3. The fraction of sp³-hybridized carbons (Fsp3) is 0.625. The Hall–Kier alpha value is -2.62. The predicted molar refractivity (Wildman–Crippen MR) is 159 cm³/mol. The Kier molecular flexibility index (Phi) is 12.5. The molecule has 6 heteroatoms. The molecule has 1 heterocycles. The second kappa shape index (κ2) is 15.1. The lowest BCUT2D eigenvalue weighted by Gasteiger charge is -2.28. The first-order valence-corrected chi connectivity index (χ1v) is 14.3. The Balaban J connectivity index is 2.03. The topological polar surface area (TPSA) is 70.4 Å². The molecule has 2 rings (SSSR count). The second-order valence-electron chi connectivity index (χ2n) is 11.9. The second-order valence-corrected chi connectivity index (χ2v) is 11.9. The molecule has 38 heavy (non-hydrogen) atoms. The molecule has 0 aliphatic carbocycles. The Morgan fingerprint density at radius 1 is 1.03 bits per heavy atom. The highest BCUT2D eigenvalue weighted by atomic mass is 16.5. The normalized spacial score (nSPS) is 12.8. The maximum atomic E-state index is 9.99. The minimum Gasteiger partial charge on any atom is -0.471 e. The summed E-state index contributed by atoms with van der Waals surface area (Å²) in [6.07, 6.45) is 6.07. The van der Waals surface area contributed by atoms with Crippen LogP contribution in [0.5, 0.6) is 5.88 Å². The number of ether oxygens (including phenoxy) is 2. The van der Waals surface area contributed by atoms with Crippen LogP contribution in [-0.2, 0) is 4.74 Å². The average molecular weight is 523 g/mol. The molecule has 0 fully saturated rings. The SMILES string of the molecule is CCCN(CCNc1ccc(-c2ccnc(OC(C)(C)CCOC(C)(C)C)c2C#N)cc1)CCC(C)CC. The van der Waals surface area contributed by atoms with Crippen LogP contribution in [0.3, 0.4) is 0 Å². The molecule has 0 saturated carbocycles. The van der Waals surface area contributed by atoms with Crippen molar-refractivity contribution in [2.24, 2.45) is 5.92 Å². The van der Waals surface area contributed by atoms with Gasteiger partial charge in [0.1, 0.15) is 17.2 Å². The molecule has 0 radical (unpaired) electrons. The van der Waals surface area contributed by atoms with Crippen LogP contribution < -0.4 is 10.1 Å². The lowest BCUT2D eigenvalue weighted by molar-refractivity contribution is -0.0300. The number of nitriles is 1. The van der Waals surface area contributed by atoms with E-state index < -0.39 is 5.60 Å². The zero-order valence-corrected chi connectivity index (χ0v) is 25.1. The molecular weight excluding hydrogens is 472 g/mol. The van der Waals surface area contributed by atoms with E-state index in [-0.39, 0.29) is 5.60 Å². The van der Waals surface area contributed by atoms with Gasteiger partial charge >= 0.3 is 0 Å². The summed E-state index contributed by atoms with van der Waals surface area (Å²) >= 11 is 0. The van der Waals surface area contributed by atoms with Gasteiger partial charge in [0, 0.05) is 37.0 Å². The highest BCUT2D eigenvalue weighted by Crippen LogP contribution is 2.32. The molecule has 0 bridgehead atoms. The first-order chi connectivity index (χ1) is 18.0. The molecule has 210 valence electrons. The molecule has 1 N–H and O–H groups in total. The lowest BCUT2D eigenvalue weighted by atomic mass is 10.0. The zero-order chi connectivity index (χ0) is 28.2. The average Bonchev–Trinajstić information content (AvgIpc) is 2.86. The van der Waals surface area contributed by atoms with Gasteiger partial charge in [0.15, 0.2) is 0 Å². The van der Waals surface area contributed by atoms with Crippen molar-refractivity contribution in [2.45, 2.75) is 92.3 Å². The van der Waals surface area contributed by atoms with Crippen molar-refractivity contribution in [3.63, 3.8) is 0 Å². The summed E-state index contributed by atoms with van der Waals surface area (Å²) in [5.74, 6) is 1.14. The zero-order valence-electron chi connectivity index (χ0n) is 25.1. The van der Waals surface area contributed by atoms with E-state index in [2.05, 4.69) is 66.3 Å². The van der Waals surface area contributed by atoms with Crippen molar-refractivity contribution in [3.05, 3.63) is 42.1 Å². The fourth-order valence-electron chi connectivity index (χ4n) is 4.17. The molecule has 0 aliphatic rings. The van der Waals surface area contributed by atoms with Crippen molar-refractivity contribution in [3.8, 4) is 23.1 Å². The van der Waals surface area contributed by atoms with Crippen LogP contribution in [0.2, 0.25) is 0 Å². The molecule has 1 aromatic heterocycles. The molecule has 0 saturated heterocycles. The van der Waals surface area contributed by atoms with Crippen LogP contribution in [0.4, 0.5) is 5.69 Å². The molecular formula is C32H50N4O2. The summed E-state index contributed by atoms with van der Waals surface area (Å²) in [4.78, 5) is 6.95. The lowest BCUT2D eigenvalue weighted by Crippen LogP contribution is -2.32. The van der Waals surface area contributed by atoms with Gasteiger partial charge in [-0.05, 0) is 90.2 Å². The summed E-state index contributed by atoms with van der Waals surface area (Å²) in [6.45, 7) is 21.8. The third-order valence-electron chi connectivity index (χ3n) is 6.77. The number of rotatable bonds is 16. The van der Waals surface area contributed by atoms with Gasteiger partial charge in [-0.2, -0.15) is 5.26 Å². The number of anilines is 1. The van der Waals surface area contributed by atoms with Crippen molar-refractivity contribution in [1.82, 2.24) is 9.88 Å². The van der Waals surface area contributed by atoms with E-state index in [1.165, 1.54) is 19.3 Å². The van der Waals surface area contributed by atoms with Crippen molar-refractivity contribution < 1.29 is 9.47 Å². The van der Waals surface area contributed by atoms with Crippen molar-refractivity contribution >= 4 is 5.69 Å². The van der Waals surface area contributed by atoms with E-state index in [9.17, 15) is 5.26 Å². The van der Waals surface area contributed by atoms with Gasteiger partial charge in [0.2, 0.25) is 5.88 Å². The Morgan fingerprint density at radius 3 is 2.34 bits per heavy atom. The highest BCUT2D eigenvalue weighted by molar-refractivity contribution is 5.73. The number of nitrogens with zero attached hydrogens (tertiary/aromatic N) is 3. The van der Waals surface area contributed by atoms with Gasteiger partial charge in [-0.3, -0.25) is 0 Å². The number of hydrogen-bond donors (Lipinski definition) is 1. The number of nitrogens with one attached hydrogen (secondary N) is 1. The van der Waals surface area contributed by atoms with Crippen molar-refractivity contribution in [2.75, 3.05) is 38.1 Å². The minimum atomic E-state index is -0.517. The maximum absolute atomic E-state index is 9.99. The summed E-state index contributed by atoms with van der Waals surface area (Å²) in [5.41, 5.74) is 2.61. The summed E-state index contributed by atoms with van der Waals surface area (Å²) in [7, 11) is 0. The van der Waals surface area contributed by atoms with Crippen LogP contribution in [0, 0.1) is 17.2 Å². The fourth-order valence-corrected chi connectivity index (χ4v) is 4.17. The molecule has 1 aromatic carbocycles.